The summed E-state index contributed by atoms with van der Waals surface area (Å²) in [5.74, 6) is -0.191. The van der Waals surface area contributed by atoms with E-state index in [0.717, 1.165) is 5.56 Å². The molecule has 1 N–H and O–H groups in total. The minimum atomic E-state index is -0.230. The van der Waals surface area contributed by atoms with Crippen molar-refractivity contribution in [3.05, 3.63) is 47.0 Å². The first-order chi connectivity index (χ1) is 9.60. The van der Waals surface area contributed by atoms with E-state index >= 15 is 0 Å². The maximum Gasteiger partial charge on any atom is 0.252 e. The quantitative estimate of drug-likeness (QED) is 0.928. The van der Waals surface area contributed by atoms with Crippen LogP contribution < -0.4 is 5.32 Å². The summed E-state index contributed by atoms with van der Waals surface area (Å²) in [6.45, 7) is 1.85. The summed E-state index contributed by atoms with van der Waals surface area (Å²) in [7, 11) is 0. The molecule has 0 bridgehead atoms. The zero-order valence-electron chi connectivity index (χ0n) is 10.7. The fourth-order valence-corrected chi connectivity index (χ4v) is 2.06. The van der Waals surface area contributed by atoms with Crippen LogP contribution in [0.25, 0.3) is 0 Å². The van der Waals surface area contributed by atoms with Crippen LogP contribution in [-0.4, -0.2) is 20.7 Å². The van der Waals surface area contributed by atoms with Crippen molar-refractivity contribution in [1.29, 1.82) is 5.26 Å². The highest BCUT2D eigenvalue weighted by molar-refractivity contribution is 6.31. The van der Waals surface area contributed by atoms with Gasteiger partial charge in [0.1, 0.15) is 18.9 Å². The lowest BCUT2D eigenvalue weighted by Gasteiger charge is -2.15. The van der Waals surface area contributed by atoms with Crippen molar-refractivity contribution >= 4 is 17.5 Å². The molecule has 7 heteroatoms. The zero-order chi connectivity index (χ0) is 14.5. The predicted octanol–water partition coefficient (Wildman–Crippen LogP) is 1.68. The van der Waals surface area contributed by atoms with Gasteiger partial charge in [-0.1, -0.05) is 29.8 Å². The second kappa shape index (κ2) is 6.17. The van der Waals surface area contributed by atoms with Crippen LogP contribution in [0.1, 0.15) is 24.4 Å². The van der Waals surface area contributed by atoms with Gasteiger partial charge in [0, 0.05) is 5.02 Å². The van der Waals surface area contributed by atoms with Crippen molar-refractivity contribution in [2.75, 3.05) is 0 Å². The van der Waals surface area contributed by atoms with Gasteiger partial charge < -0.3 is 5.32 Å². The summed E-state index contributed by atoms with van der Waals surface area (Å²) in [6, 6.07) is 8.92. The predicted molar refractivity (Wildman–Crippen MR) is 72.7 cm³/mol. The number of amides is 1. The molecule has 0 aliphatic carbocycles. The maximum absolute atomic E-state index is 11.9. The molecule has 0 spiro atoms. The van der Waals surface area contributed by atoms with E-state index in [4.69, 9.17) is 16.9 Å². The molecule has 0 aliphatic heterocycles. The molecular formula is C13H12ClN5O. The number of carbonyl (C=O) groups excluding carboxylic acids is 1. The SMILES string of the molecule is CC(NC(=O)Cn1cnc(C#N)n1)c1ccccc1Cl. The molecule has 1 amide bonds. The fraction of sp³-hybridized carbons (Fsp3) is 0.231. The van der Waals surface area contributed by atoms with E-state index in [9.17, 15) is 4.79 Å². The summed E-state index contributed by atoms with van der Waals surface area (Å²) in [6.07, 6.45) is 1.35. The van der Waals surface area contributed by atoms with E-state index in [1.54, 1.807) is 12.1 Å². The smallest absolute Gasteiger partial charge is 0.252 e. The number of hydrogen-bond acceptors (Lipinski definition) is 4. The highest BCUT2D eigenvalue weighted by Gasteiger charge is 2.13. The number of nitrogens with one attached hydrogen (secondary N) is 1. The molecule has 1 aromatic carbocycles. The van der Waals surface area contributed by atoms with Crippen molar-refractivity contribution < 1.29 is 4.79 Å². The Kier molecular flexibility index (Phi) is 4.33. The molecule has 2 aromatic rings. The Bertz CT molecular complexity index is 661. The standard InChI is InChI=1S/C13H12ClN5O/c1-9(10-4-2-3-5-11(10)14)17-13(20)7-19-8-16-12(6-15)18-19/h2-5,8-9H,7H2,1H3,(H,17,20). The summed E-state index contributed by atoms with van der Waals surface area (Å²) in [5, 5.41) is 15.9. The van der Waals surface area contributed by atoms with E-state index in [0.29, 0.717) is 5.02 Å². The van der Waals surface area contributed by atoms with Gasteiger partial charge >= 0.3 is 0 Å². The molecule has 6 nitrogen and oxygen atoms in total. The summed E-state index contributed by atoms with van der Waals surface area (Å²) < 4.78 is 1.31. The van der Waals surface area contributed by atoms with Crippen LogP contribution >= 0.6 is 11.6 Å². The third-order valence-corrected chi connectivity index (χ3v) is 3.04. The Morgan fingerprint density at radius 1 is 1.55 bits per heavy atom. The first-order valence-corrected chi connectivity index (χ1v) is 6.31. The number of rotatable bonds is 4. The molecule has 1 unspecified atom stereocenters. The van der Waals surface area contributed by atoms with Crippen molar-refractivity contribution in [1.82, 2.24) is 20.1 Å². The number of aromatic nitrogens is 3. The largest absolute Gasteiger partial charge is 0.348 e. The Morgan fingerprint density at radius 3 is 2.95 bits per heavy atom. The second-order valence-electron chi connectivity index (χ2n) is 4.19. The van der Waals surface area contributed by atoms with Crippen molar-refractivity contribution in [3.8, 4) is 6.07 Å². The third kappa shape index (κ3) is 3.33. The van der Waals surface area contributed by atoms with Gasteiger partial charge in [-0.25, -0.2) is 9.67 Å². The molecule has 0 saturated heterocycles. The fourth-order valence-electron chi connectivity index (χ4n) is 1.76. The van der Waals surface area contributed by atoms with Crippen LogP contribution in [0.5, 0.6) is 0 Å². The van der Waals surface area contributed by atoms with Gasteiger partial charge in [0.25, 0.3) is 5.82 Å². The van der Waals surface area contributed by atoms with Crippen LogP contribution in [0.15, 0.2) is 30.6 Å². The lowest BCUT2D eigenvalue weighted by molar-refractivity contribution is -0.122. The molecule has 0 radical (unpaired) electrons. The van der Waals surface area contributed by atoms with Gasteiger partial charge in [-0.2, -0.15) is 5.26 Å². The molecule has 0 saturated carbocycles. The van der Waals surface area contributed by atoms with Gasteiger partial charge in [0.05, 0.1) is 6.04 Å². The summed E-state index contributed by atoms with van der Waals surface area (Å²) in [5.41, 5.74) is 0.846. The van der Waals surface area contributed by atoms with Crippen LogP contribution in [-0.2, 0) is 11.3 Å². The molecule has 1 heterocycles. The van der Waals surface area contributed by atoms with Crippen molar-refractivity contribution in [3.63, 3.8) is 0 Å². The molecule has 1 atom stereocenters. The number of hydrogen-bond donors (Lipinski definition) is 1. The minimum absolute atomic E-state index is 0.00345. The van der Waals surface area contributed by atoms with Gasteiger partial charge in [-0.15, -0.1) is 5.10 Å². The normalized spacial score (nSPS) is 11.7. The van der Waals surface area contributed by atoms with E-state index in [1.165, 1.54) is 11.0 Å². The van der Waals surface area contributed by atoms with Crippen molar-refractivity contribution in [2.24, 2.45) is 0 Å². The third-order valence-electron chi connectivity index (χ3n) is 2.69. The maximum atomic E-state index is 11.9. The molecule has 0 aliphatic rings. The first kappa shape index (κ1) is 14.0. The van der Waals surface area contributed by atoms with Gasteiger partial charge in [-0.3, -0.25) is 4.79 Å². The molecular weight excluding hydrogens is 278 g/mol. The van der Waals surface area contributed by atoms with E-state index in [1.807, 2.05) is 25.1 Å². The topological polar surface area (TPSA) is 83.6 Å². The first-order valence-electron chi connectivity index (χ1n) is 5.93. The van der Waals surface area contributed by atoms with E-state index in [-0.39, 0.29) is 24.3 Å². The Labute approximate surface area is 121 Å². The minimum Gasteiger partial charge on any atom is -0.348 e. The molecule has 2 rings (SSSR count). The second-order valence-corrected chi connectivity index (χ2v) is 4.60. The molecule has 0 fully saturated rings. The number of carbonyl (C=O) groups is 1. The van der Waals surface area contributed by atoms with Crippen LogP contribution in [0, 0.1) is 11.3 Å². The lowest BCUT2D eigenvalue weighted by atomic mass is 10.1. The number of nitriles is 1. The van der Waals surface area contributed by atoms with Gasteiger partial charge in [0.15, 0.2) is 0 Å². The monoisotopic (exact) mass is 289 g/mol. The van der Waals surface area contributed by atoms with Crippen LogP contribution in [0.3, 0.4) is 0 Å². The Balaban J connectivity index is 1.98. The summed E-state index contributed by atoms with van der Waals surface area (Å²) >= 11 is 6.07. The average Bonchev–Trinajstić information content (AvgIpc) is 2.86. The Morgan fingerprint density at radius 2 is 2.30 bits per heavy atom. The highest BCUT2D eigenvalue weighted by atomic mass is 35.5. The average molecular weight is 290 g/mol. The molecule has 20 heavy (non-hydrogen) atoms. The summed E-state index contributed by atoms with van der Waals surface area (Å²) in [4.78, 5) is 15.6. The lowest BCUT2D eigenvalue weighted by Crippen LogP contribution is -2.30. The van der Waals surface area contributed by atoms with Crippen LogP contribution in [0.4, 0.5) is 0 Å². The molecule has 102 valence electrons. The van der Waals surface area contributed by atoms with Gasteiger partial charge in [-0.05, 0) is 18.6 Å². The Hall–Kier alpha value is -2.39. The van der Waals surface area contributed by atoms with Crippen molar-refractivity contribution in [2.45, 2.75) is 19.5 Å². The highest BCUT2D eigenvalue weighted by Crippen LogP contribution is 2.21. The number of benzene rings is 1. The van der Waals surface area contributed by atoms with E-state index in [2.05, 4.69) is 15.4 Å². The van der Waals surface area contributed by atoms with E-state index < -0.39 is 0 Å². The number of nitrogens with zero attached hydrogens (tertiary/aromatic N) is 4. The zero-order valence-corrected chi connectivity index (χ0v) is 11.5. The van der Waals surface area contributed by atoms with Gasteiger partial charge in [0.2, 0.25) is 5.91 Å². The molecule has 1 aromatic heterocycles. The van der Waals surface area contributed by atoms with Crippen LogP contribution in [0.2, 0.25) is 5.02 Å². The number of halogens is 1.